The number of aromatic nitrogens is 1. The minimum absolute atomic E-state index is 0.0217. The molecule has 0 aliphatic carbocycles. The predicted octanol–water partition coefficient (Wildman–Crippen LogP) is 6.27. The maximum atomic E-state index is 13.4. The molecular weight excluding hydrogens is 449 g/mol. The number of sulfonamides is 1. The monoisotopic (exact) mass is 468 g/mol. The summed E-state index contributed by atoms with van der Waals surface area (Å²) < 4.78 is 66.7. The Morgan fingerprint density at radius 3 is 2.16 bits per heavy atom. The van der Waals surface area contributed by atoms with Crippen molar-refractivity contribution >= 4 is 27.4 Å². The van der Waals surface area contributed by atoms with Crippen LogP contribution in [0.2, 0.25) is 5.02 Å². The minimum atomic E-state index is -4.65. The molecule has 0 amide bonds. The fraction of sp³-hybridized carbons (Fsp3) is 0.227. The summed E-state index contributed by atoms with van der Waals surface area (Å²) in [5, 5.41) is -0.409. The van der Waals surface area contributed by atoms with Crippen LogP contribution in [0.25, 0.3) is 0 Å². The fourth-order valence-electron chi connectivity index (χ4n) is 2.94. The van der Waals surface area contributed by atoms with Gasteiger partial charge in [-0.25, -0.2) is 17.7 Å². The molecule has 3 aromatic rings. The summed E-state index contributed by atoms with van der Waals surface area (Å²) >= 11 is 6.09. The Bertz CT molecular complexity index is 1150. The lowest BCUT2D eigenvalue weighted by atomic mass is 10.0. The van der Waals surface area contributed by atoms with E-state index in [1.165, 1.54) is 12.1 Å². The summed E-state index contributed by atoms with van der Waals surface area (Å²) in [4.78, 5) is 3.75. The first-order valence-corrected chi connectivity index (χ1v) is 11.2. The Balaban J connectivity index is 2.09. The molecule has 2 aromatic carbocycles. The molecule has 4 nitrogen and oxygen atoms in total. The molecular formula is C22H20ClF3N2O2S. The lowest BCUT2D eigenvalue weighted by Crippen LogP contribution is -2.31. The van der Waals surface area contributed by atoms with Gasteiger partial charge < -0.3 is 0 Å². The molecule has 0 spiro atoms. The Morgan fingerprint density at radius 1 is 1.03 bits per heavy atom. The van der Waals surface area contributed by atoms with Gasteiger partial charge in [-0.15, -0.1) is 0 Å². The maximum Gasteiger partial charge on any atom is 0.417 e. The van der Waals surface area contributed by atoms with E-state index >= 15 is 0 Å². The lowest BCUT2D eigenvalue weighted by Gasteiger charge is -2.25. The highest BCUT2D eigenvalue weighted by atomic mass is 35.5. The number of nitrogens with zero attached hydrogens (tertiary/aromatic N) is 2. The summed E-state index contributed by atoms with van der Waals surface area (Å²) in [6, 6.07) is 15.6. The topological polar surface area (TPSA) is 50.3 Å². The van der Waals surface area contributed by atoms with Crippen LogP contribution in [-0.4, -0.2) is 13.4 Å². The molecule has 31 heavy (non-hydrogen) atoms. The molecule has 0 saturated heterocycles. The van der Waals surface area contributed by atoms with Crippen molar-refractivity contribution in [2.24, 2.45) is 0 Å². The zero-order chi connectivity index (χ0) is 22.8. The van der Waals surface area contributed by atoms with Gasteiger partial charge in [0, 0.05) is 6.20 Å². The standard InChI is InChI=1S/C22H20ClF3N2O2S/c1-15(2)17-10-8-16(9-11-17)14-28(31(29,30)19-6-4-3-5-7-19)21-20(23)12-18(13-27-21)22(24,25)26/h3-13,15H,14H2,1-2H3. The zero-order valence-electron chi connectivity index (χ0n) is 16.8. The van der Waals surface area contributed by atoms with E-state index in [1.807, 2.05) is 26.0 Å². The Morgan fingerprint density at radius 2 is 1.65 bits per heavy atom. The number of pyridine rings is 1. The minimum Gasteiger partial charge on any atom is -0.244 e. The highest BCUT2D eigenvalue weighted by Crippen LogP contribution is 2.36. The molecule has 9 heteroatoms. The van der Waals surface area contributed by atoms with Gasteiger partial charge in [-0.3, -0.25) is 0 Å². The zero-order valence-corrected chi connectivity index (χ0v) is 18.3. The van der Waals surface area contributed by atoms with E-state index in [2.05, 4.69) is 4.98 Å². The normalized spacial score (nSPS) is 12.2. The molecule has 0 atom stereocenters. The summed E-state index contributed by atoms with van der Waals surface area (Å²) in [6.07, 6.45) is -4.07. The van der Waals surface area contributed by atoms with E-state index in [9.17, 15) is 21.6 Å². The van der Waals surface area contributed by atoms with E-state index in [4.69, 9.17) is 11.6 Å². The molecule has 1 aromatic heterocycles. The smallest absolute Gasteiger partial charge is 0.244 e. The third-order valence-electron chi connectivity index (χ3n) is 4.69. The number of benzene rings is 2. The van der Waals surface area contributed by atoms with Crippen molar-refractivity contribution in [1.29, 1.82) is 0 Å². The summed E-state index contributed by atoms with van der Waals surface area (Å²) in [5.41, 5.74) is 0.660. The number of anilines is 1. The van der Waals surface area contributed by atoms with Crippen LogP contribution in [0.15, 0.2) is 71.8 Å². The Hall–Kier alpha value is -2.58. The Labute approximate surface area is 184 Å². The van der Waals surface area contributed by atoms with Crippen molar-refractivity contribution in [3.63, 3.8) is 0 Å². The van der Waals surface area contributed by atoms with Crippen molar-refractivity contribution < 1.29 is 21.6 Å². The number of hydrogen-bond donors (Lipinski definition) is 0. The largest absolute Gasteiger partial charge is 0.417 e. The van der Waals surface area contributed by atoms with Crippen LogP contribution in [-0.2, 0) is 22.7 Å². The van der Waals surface area contributed by atoms with Crippen LogP contribution in [0, 0.1) is 0 Å². The maximum absolute atomic E-state index is 13.4. The van der Waals surface area contributed by atoms with Crippen LogP contribution in [0.5, 0.6) is 0 Å². The van der Waals surface area contributed by atoms with Crippen molar-refractivity contribution in [1.82, 2.24) is 4.98 Å². The van der Waals surface area contributed by atoms with Crippen LogP contribution in [0.4, 0.5) is 19.0 Å². The first-order valence-electron chi connectivity index (χ1n) is 9.39. The highest BCUT2D eigenvalue weighted by Gasteiger charge is 2.34. The Kier molecular flexibility index (Phi) is 6.62. The molecule has 0 aliphatic rings. The second-order valence-corrected chi connectivity index (χ2v) is 9.52. The fourth-order valence-corrected chi connectivity index (χ4v) is 4.70. The van der Waals surface area contributed by atoms with Gasteiger partial charge in [0.2, 0.25) is 0 Å². The number of hydrogen-bond acceptors (Lipinski definition) is 3. The van der Waals surface area contributed by atoms with Gasteiger partial charge in [-0.1, -0.05) is 67.9 Å². The average Bonchev–Trinajstić information content (AvgIpc) is 2.72. The van der Waals surface area contributed by atoms with Crippen LogP contribution >= 0.6 is 11.6 Å². The second kappa shape index (κ2) is 8.88. The summed E-state index contributed by atoms with van der Waals surface area (Å²) in [5.74, 6) is 0.0238. The van der Waals surface area contributed by atoms with Gasteiger partial charge in [0.1, 0.15) is 0 Å². The molecule has 0 saturated carbocycles. The van der Waals surface area contributed by atoms with E-state index in [-0.39, 0.29) is 17.3 Å². The molecule has 3 rings (SSSR count). The van der Waals surface area contributed by atoms with Crippen molar-refractivity contribution in [2.45, 2.75) is 37.4 Å². The van der Waals surface area contributed by atoms with Gasteiger partial charge in [0.15, 0.2) is 5.82 Å². The van der Waals surface area contributed by atoms with Crippen LogP contribution in [0.1, 0.15) is 36.5 Å². The van der Waals surface area contributed by atoms with Crippen molar-refractivity contribution in [3.05, 3.63) is 88.6 Å². The van der Waals surface area contributed by atoms with Gasteiger partial charge >= 0.3 is 6.18 Å². The lowest BCUT2D eigenvalue weighted by molar-refractivity contribution is -0.137. The van der Waals surface area contributed by atoms with Crippen molar-refractivity contribution in [3.8, 4) is 0 Å². The predicted molar refractivity (Wildman–Crippen MR) is 115 cm³/mol. The van der Waals surface area contributed by atoms with Crippen molar-refractivity contribution in [2.75, 3.05) is 4.31 Å². The molecule has 1 heterocycles. The molecule has 0 unspecified atom stereocenters. The first-order chi connectivity index (χ1) is 14.5. The second-order valence-electron chi connectivity index (χ2n) is 7.25. The third-order valence-corrected chi connectivity index (χ3v) is 6.72. The quantitative estimate of drug-likeness (QED) is 0.428. The first kappa shape index (κ1) is 23.1. The third kappa shape index (κ3) is 5.19. The molecule has 164 valence electrons. The van der Waals surface area contributed by atoms with E-state index in [0.29, 0.717) is 23.7 Å². The molecule has 0 bridgehead atoms. The van der Waals surface area contributed by atoms with Gasteiger partial charge in [-0.2, -0.15) is 13.2 Å². The van der Waals surface area contributed by atoms with Crippen LogP contribution < -0.4 is 4.31 Å². The van der Waals surface area contributed by atoms with Gasteiger partial charge in [0.25, 0.3) is 10.0 Å². The van der Waals surface area contributed by atoms with Gasteiger partial charge in [0.05, 0.1) is 22.0 Å². The van der Waals surface area contributed by atoms with E-state index < -0.39 is 26.8 Å². The number of halogens is 4. The SMILES string of the molecule is CC(C)c1ccc(CN(c2ncc(C(F)(F)F)cc2Cl)S(=O)(=O)c2ccccc2)cc1. The molecule has 0 aliphatic heterocycles. The summed E-state index contributed by atoms with van der Waals surface area (Å²) in [6.45, 7) is 3.92. The average molecular weight is 469 g/mol. The van der Waals surface area contributed by atoms with Gasteiger partial charge in [-0.05, 0) is 35.2 Å². The van der Waals surface area contributed by atoms with E-state index in [1.54, 1.807) is 30.3 Å². The number of alkyl halides is 3. The molecule has 0 N–H and O–H groups in total. The number of rotatable bonds is 6. The molecule has 0 fully saturated rings. The highest BCUT2D eigenvalue weighted by molar-refractivity contribution is 7.92. The van der Waals surface area contributed by atoms with E-state index in [0.717, 1.165) is 9.87 Å². The molecule has 0 radical (unpaired) electrons. The van der Waals surface area contributed by atoms with Crippen LogP contribution in [0.3, 0.4) is 0 Å². The summed E-state index contributed by atoms with van der Waals surface area (Å²) in [7, 11) is -4.14.